The highest BCUT2D eigenvalue weighted by Gasteiger charge is 2.22. The Hall–Kier alpha value is -2.56. The highest BCUT2D eigenvalue weighted by Crippen LogP contribution is 2.32. The van der Waals surface area contributed by atoms with Gasteiger partial charge in [0.05, 0.1) is 13.2 Å². The first-order valence-corrected chi connectivity index (χ1v) is 8.01. The van der Waals surface area contributed by atoms with E-state index in [1.54, 1.807) is 19.2 Å². The SMILES string of the molecule is COc1ccc2c(c1)CCCC2NC(=O)COc1ccccc1F. The van der Waals surface area contributed by atoms with Crippen LogP contribution in [0.15, 0.2) is 42.5 Å². The molecule has 0 bridgehead atoms. The lowest BCUT2D eigenvalue weighted by Crippen LogP contribution is -2.34. The minimum absolute atomic E-state index is 0.0450. The number of ether oxygens (including phenoxy) is 2. The molecule has 2 aromatic rings. The zero-order chi connectivity index (χ0) is 16.9. The summed E-state index contributed by atoms with van der Waals surface area (Å²) in [6, 6.07) is 11.9. The number of amides is 1. The molecule has 24 heavy (non-hydrogen) atoms. The zero-order valence-corrected chi connectivity index (χ0v) is 13.5. The van der Waals surface area contributed by atoms with Gasteiger partial charge in [-0.1, -0.05) is 18.2 Å². The van der Waals surface area contributed by atoms with Crippen molar-refractivity contribution in [3.63, 3.8) is 0 Å². The Labute approximate surface area is 140 Å². The molecular formula is C19H20FNO3. The number of methoxy groups -OCH3 is 1. The minimum Gasteiger partial charge on any atom is -0.497 e. The number of hydrogen-bond donors (Lipinski definition) is 1. The smallest absolute Gasteiger partial charge is 0.258 e. The van der Waals surface area contributed by atoms with Crippen molar-refractivity contribution in [1.29, 1.82) is 0 Å². The number of para-hydroxylation sites is 1. The van der Waals surface area contributed by atoms with Crippen LogP contribution in [0.1, 0.15) is 30.0 Å². The fourth-order valence-corrected chi connectivity index (χ4v) is 3.01. The van der Waals surface area contributed by atoms with E-state index in [2.05, 4.69) is 5.32 Å². The van der Waals surface area contributed by atoms with Gasteiger partial charge in [0, 0.05) is 0 Å². The van der Waals surface area contributed by atoms with Gasteiger partial charge in [0.25, 0.3) is 5.91 Å². The molecule has 5 heteroatoms. The molecule has 0 aliphatic heterocycles. The second-order valence-corrected chi connectivity index (χ2v) is 5.80. The van der Waals surface area contributed by atoms with E-state index in [0.717, 1.165) is 30.6 Å². The fraction of sp³-hybridized carbons (Fsp3) is 0.316. The molecule has 1 aliphatic rings. The number of fused-ring (bicyclic) bond motifs is 1. The third kappa shape index (κ3) is 3.67. The topological polar surface area (TPSA) is 47.6 Å². The van der Waals surface area contributed by atoms with E-state index in [1.165, 1.54) is 17.7 Å². The van der Waals surface area contributed by atoms with E-state index >= 15 is 0 Å². The Bertz CT molecular complexity index is 732. The first-order valence-electron chi connectivity index (χ1n) is 8.01. The Balaban J connectivity index is 1.62. The number of nitrogens with one attached hydrogen (secondary N) is 1. The highest BCUT2D eigenvalue weighted by atomic mass is 19.1. The standard InChI is InChI=1S/C19H20FNO3/c1-23-14-9-10-15-13(11-14)5-4-7-17(15)21-19(22)12-24-18-8-3-2-6-16(18)20/h2-3,6,8-11,17H,4-5,7,12H2,1H3,(H,21,22). The molecule has 0 saturated heterocycles. The predicted molar refractivity (Wildman–Crippen MR) is 88.7 cm³/mol. The molecule has 1 unspecified atom stereocenters. The average molecular weight is 329 g/mol. The van der Waals surface area contributed by atoms with E-state index in [4.69, 9.17) is 9.47 Å². The number of aryl methyl sites for hydroxylation is 1. The summed E-state index contributed by atoms with van der Waals surface area (Å²) in [7, 11) is 1.64. The second kappa shape index (κ2) is 7.34. The van der Waals surface area contributed by atoms with Gasteiger partial charge in [-0.05, 0) is 54.7 Å². The molecule has 0 fully saturated rings. The van der Waals surface area contributed by atoms with E-state index in [-0.39, 0.29) is 24.3 Å². The molecule has 1 aliphatic carbocycles. The van der Waals surface area contributed by atoms with Crippen molar-refractivity contribution in [1.82, 2.24) is 5.32 Å². The van der Waals surface area contributed by atoms with Crippen molar-refractivity contribution in [3.8, 4) is 11.5 Å². The maximum atomic E-state index is 13.5. The van der Waals surface area contributed by atoms with Crippen LogP contribution in [0.5, 0.6) is 11.5 Å². The summed E-state index contributed by atoms with van der Waals surface area (Å²) in [5.74, 6) is 0.178. The van der Waals surface area contributed by atoms with Crippen LogP contribution in [0, 0.1) is 5.82 Å². The molecule has 0 aromatic heterocycles. The number of carbonyl (C=O) groups is 1. The van der Waals surface area contributed by atoms with Crippen LogP contribution in [-0.4, -0.2) is 19.6 Å². The molecule has 1 atom stereocenters. The van der Waals surface area contributed by atoms with Gasteiger partial charge in [0.2, 0.25) is 0 Å². The van der Waals surface area contributed by atoms with Crippen molar-refractivity contribution in [2.75, 3.05) is 13.7 Å². The summed E-state index contributed by atoms with van der Waals surface area (Å²) >= 11 is 0. The first kappa shape index (κ1) is 16.3. The van der Waals surface area contributed by atoms with Gasteiger partial charge in [0.15, 0.2) is 18.2 Å². The molecule has 0 spiro atoms. The van der Waals surface area contributed by atoms with Gasteiger partial charge in [-0.15, -0.1) is 0 Å². The van der Waals surface area contributed by atoms with Gasteiger partial charge in [-0.25, -0.2) is 4.39 Å². The summed E-state index contributed by atoms with van der Waals surface area (Å²) in [5, 5.41) is 2.98. The summed E-state index contributed by atoms with van der Waals surface area (Å²) in [5.41, 5.74) is 2.31. The summed E-state index contributed by atoms with van der Waals surface area (Å²) in [6.45, 7) is -0.205. The highest BCUT2D eigenvalue weighted by molar-refractivity contribution is 5.78. The first-order chi connectivity index (χ1) is 11.7. The number of halogens is 1. The predicted octanol–water partition coefficient (Wildman–Crippen LogP) is 3.41. The van der Waals surface area contributed by atoms with Crippen molar-refractivity contribution in [2.45, 2.75) is 25.3 Å². The van der Waals surface area contributed by atoms with Crippen LogP contribution in [0.4, 0.5) is 4.39 Å². The van der Waals surface area contributed by atoms with Crippen LogP contribution in [0.3, 0.4) is 0 Å². The zero-order valence-electron chi connectivity index (χ0n) is 13.5. The lowest BCUT2D eigenvalue weighted by Gasteiger charge is -2.26. The third-order valence-electron chi connectivity index (χ3n) is 4.20. The van der Waals surface area contributed by atoms with Gasteiger partial charge < -0.3 is 14.8 Å². The second-order valence-electron chi connectivity index (χ2n) is 5.80. The van der Waals surface area contributed by atoms with Crippen LogP contribution < -0.4 is 14.8 Å². The molecule has 0 radical (unpaired) electrons. The van der Waals surface area contributed by atoms with Gasteiger partial charge in [-0.3, -0.25) is 4.79 Å². The number of hydrogen-bond acceptors (Lipinski definition) is 3. The minimum atomic E-state index is -0.472. The Morgan fingerprint density at radius 3 is 2.92 bits per heavy atom. The maximum absolute atomic E-state index is 13.5. The van der Waals surface area contributed by atoms with Crippen LogP contribution in [0.2, 0.25) is 0 Å². The molecule has 2 aromatic carbocycles. The number of benzene rings is 2. The molecular weight excluding hydrogens is 309 g/mol. The quantitative estimate of drug-likeness (QED) is 0.914. The molecule has 0 heterocycles. The molecule has 126 valence electrons. The molecule has 4 nitrogen and oxygen atoms in total. The molecule has 0 saturated carbocycles. The van der Waals surface area contributed by atoms with E-state index < -0.39 is 5.82 Å². The van der Waals surface area contributed by atoms with Crippen LogP contribution in [0.25, 0.3) is 0 Å². The normalized spacial score (nSPS) is 16.2. The summed E-state index contributed by atoms with van der Waals surface area (Å²) in [6.07, 6.45) is 2.86. The van der Waals surface area contributed by atoms with Crippen molar-refractivity contribution >= 4 is 5.91 Å². The molecule has 1 amide bonds. The van der Waals surface area contributed by atoms with Gasteiger partial charge in [-0.2, -0.15) is 0 Å². The third-order valence-corrected chi connectivity index (χ3v) is 4.20. The van der Waals surface area contributed by atoms with Crippen molar-refractivity contribution in [2.24, 2.45) is 0 Å². The number of rotatable bonds is 5. The summed E-state index contributed by atoms with van der Waals surface area (Å²) < 4.78 is 24.0. The maximum Gasteiger partial charge on any atom is 0.258 e. The van der Waals surface area contributed by atoms with Gasteiger partial charge in [0.1, 0.15) is 5.75 Å². The largest absolute Gasteiger partial charge is 0.497 e. The lowest BCUT2D eigenvalue weighted by atomic mass is 9.87. The van der Waals surface area contributed by atoms with Crippen LogP contribution in [-0.2, 0) is 11.2 Å². The van der Waals surface area contributed by atoms with Gasteiger partial charge >= 0.3 is 0 Å². The van der Waals surface area contributed by atoms with E-state index in [0.29, 0.717) is 0 Å². The Morgan fingerprint density at radius 1 is 1.29 bits per heavy atom. The Morgan fingerprint density at radius 2 is 2.12 bits per heavy atom. The monoisotopic (exact) mass is 329 g/mol. The average Bonchev–Trinajstić information content (AvgIpc) is 2.61. The van der Waals surface area contributed by atoms with E-state index in [1.807, 2.05) is 18.2 Å². The number of carbonyl (C=O) groups excluding carboxylic acids is 1. The van der Waals surface area contributed by atoms with E-state index in [9.17, 15) is 9.18 Å². The van der Waals surface area contributed by atoms with Crippen molar-refractivity contribution < 1.29 is 18.7 Å². The van der Waals surface area contributed by atoms with Crippen LogP contribution >= 0.6 is 0 Å². The summed E-state index contributed by atoms with van der Waals surface area (Å²) in [4.78, 5) is 12.1. The molecule has 3 rings (SSSR count). The van der Waals surface area contributed by atoms with Crippen molar-refractivity contribution in [3.05, 3.63) is 59.4 Å². The Kier molecular flexibility index (Phi) is 4.99. The fourth-order valence-electron chi connectivity index (χ4n) is 3.01. The molecule has 1 N–H and O–H groups in total. The lowest BCUT2D eigenvalue weighted by molar-refractivity contribution is -0.124.